The molecule has 2 nitrogen and oxygen atoms in total. The minimum Gasteiger partial charge on any atom is -0.497 e. The zero-order valence-electron chi connectivity index (χ0n) is 10.3. The molecule has 0 amide bonds. The molecule has 0 radical (unpaired) electrons. The number of hydrogen-bond donors (Lipinski definition) is 0. The summed E-state index contributed by atoms with van der Waals surface area (Å²) < 4.78 is 6.44. The van der Waals surface area contributed by atoms with E-state index >= 15 is 0 Å². The molecule has 1 fully saturated rings. The Morgan fingerprint density at radius 1 is 1.53 bits per heavy atom. The van der Waals surface area contributed by atoms with Crippen molar-refractivity contribution in [1.82, 2.24) is 4.90 Å². The number of rotatable bonds is 4. The van der Waals surface area contributed by atoms with E-state index < -0.39 is 0 Å². The van der Waals surface area contributed by atoms with Gasteiger partial charge in [-0.05, 0) is 43.0 Å². The third-order valence-electron chi connectivity index (χ3n) is 3.20. The molecular weight excluding hydrogens is 298 g/mol. The molecular formula is C13H18BrNOS. The van der Waals surface area contributed by atoms with E-state index in [2.05, 4.69) is 51.8 Å². The quantitative estimate of drug-likeness (QED) is 0.845. The normalized spacial score (nSPS) is 19.9. The number of methoxy groups -OCH3 is 1. The largest absolute Gasteiger partial charge is 0.497 e. The zero-order chi connectivity index (χ0) is 12.3. The van der Waals surface area contributed by atoms with Gasteiger partial charge in [0.1, 0.15) is 5.75 Å². The topological polar surface area (TPSA) is 12.5 Å². The maximum Gasteiger partial charge on any atom is 0.119 e. The molecule has 0 aliphatic carbocycles. The van der Waals surface area contributed by atoms with E-state index in [9.17, 15) is 0 Å². The molecule has 2 rings (SSSR count). The number of halogens is 1. The van der Waals surface area contributed by atoms with Gasteiger partial charge >= 0.3 is 0 Å². The lowest BCUT2D eigenvalue weighted by Crippen LogP contribution is -2.30. The van der Waals surface area contributed by atoms with Crippen molar-refractivity contribution in [3.8, 4) is 5.75 Å². The standard InChI is InChI=1S/C13H18BrNOS/c1-15(11-5-6-17-9-11)8-10-7-12(16-2)3-4-13(10)14/h3-4,7,11H,5-6,8-9H2,1-2H3. The Bertz CT molecular complexity index is 380. The second-order valence-corrected chi connectivity index (χ2v) is 6.39. The van der Waals surface area contributed by atoms with E-state index in [1.807, 2.05) is 6.07 Å². The number of hydrogen-bond acceptors (Lipinski definition) is 3. The summed E-state index contributed by atoms with van der Waals surface area (Å²) in [5.74, 6) is 3.49. The van der Waals surface area contributed by atoms with Crippen LogP contribution in [0.25, 0.3) is 0 Å². The molecule has 4 heteroatoms. The van der Waals surface area contributed by atoms with Crippen molar-refractivity contribution >= 4 is 27.7 Å². The Kier molecular flexibility index (Phi) is 4.77. The van der Waals surface area contributed by atoms with Crippen molar-refractivity contribution in [2.45, 2.75) is 19.0 Å². The Morgan fingerprint density at radius 3 is 3.00 bits per heavy atom. The van der Waals surface area contributed by atoms with Crippen molar-refractivity contribution in [3.63, 3.8) is 0 Å². The van der Waals surface area contributed by atoms with E-state index in [-0.39, 0.29) is 0 Å². The van der Waals surface area contributed by atoms with Crippen LogP contribution in [0.4, 0.5) is 0 Å². The van der Waals surface area contributed by atoms with Gasteiger partial charge in [0.2, 0.25) is 0 Å². The molecule has 1 aromatic carbocycles. The molecule has 1 aliphatic heterocycles. The molecule has 1 aromatic rings. The number of benzene rings is 1. The van der Waals surface area contributed by atoms with Crippen LogP contribution in [-0.2, 0) is 6.54 Å². The summed E-state index contributed by atoms with van der Waals surface area (Å²) in [5, 5.41) is 0. The van der Waals surface area contributed by atoms with Crippen molar-refractivity contribution < 1.29 is 4.74 Å². The Hall–Kier alpha value is -0.190. The number of nitrogens with zero attached hydrogens (tertiary/aromatic N) is 1. The van der Waals surface area contributed by atoms with E-state index in [0.717, 1.165) is 22.8 Å². The second-order valence-electron chi connectivity index (χ2n) is 4.39. The molecule has 0 aromatic heterocycles. The fourth-order valence-corrected chi connectivity index (χ4v) is 3.74. The summed E-state index contributed by atoms with van der Waals surface area (Å²) in [7, 11) is 3.92. The molecule has 0 spiro atoms. The van der Waals surface area contributed by atoms with E-state index in [4.69, 9.17) is 4.74 Å². The summed E-state index contributed by atoms with van der Waals surface area (Å²) >= 11 is 5.66. The van der Waals surface area contributed by atoms with Crippen molar-refractivity contribution in [2.24, 2.45) is 0 Å². The van der Waals surface area contributed by atoms with Crippen LogP contribution in [0.3, 0.4) is 0 Å². The average molecular weight is 316 g/mol. The second kappa shape index (κ2) is 6.12. The summed E-state index contributed by atoms with van der Waals surface area (Å²) in [5.41, 5.74) is 1.30. The van der Waals surface area contributed by atoms with Gasteiger partial charge in [0, 0.05) is 22.8 Å². The van der Waals surface area contributed by atoms with Gasteiger partial charge in [-0.2, -0.15) is 11.8 Å². The Labute approximate surface area is 116 Å². The molecule has 0 saturated carbocycles. The SMILES string of the molecule is COc1ccc(Br)c(CN(C)C2CCSC2)c1. The fourth-order valence-electron chi connectivity index (χ4n) is 2.07. The lowest BCUT2D eigenvalue weighted by Gasteiger charge is -2.24. The fraction of sp³-hybridized carbons (Fsp3) is 0.538. The molecule has 0 N–H and O–H groups in total. The molecule has 1 unspecified atom stereocenters. The first kappa shape index (κ1) is 13.2. The first-order chi connectivity index (χ1) is 8.20. The summed E-state index contributed by atoms with van der Waals surface area (Å²) in [6.45, 7) is 0.975. The zero-order valence-corrected chi connectivity index (χ0v) is 12.7. The number of ether oxygens (including phenoxy) is 1. The van der Waals surface area contributed by atoms with Crippen LogP contribution in [0.5, 0.6) is 5.75 Å². The third-order valence-corrected chi connectivity index (χ3v) is 5.12. The van der Waals surface area contributed by atoms with Gasteiger partial charge in [-0.1, -0.05) is 15.9 Å². The Morgan fingerprint density at radius 2 is 2.35 bits per heavy atom. The van der Waals surface area contributed by atoms with E-state index in [0.29, 0.717) is 0 Å². The molecule has 94 valence electrons. The van der Waals surface area contributed by atoms with E-state index in [1.165, 1.54) is 23.5 Å². The highest BCUT2D eigenvalue weighted by molar-refractivity contribution is 9.10. The van der Waals surface area contributed by atoms with Crippen LogP contribution >= 0.6 is 27.7 Å². The molecule has 17 heavy (non-hydrogen) atoms. The summed E-state index contributed by atoms with van der Waals surface area (Å²) in [4.78, 5) is 2.44. The van der Waals surface area contributed by atoms with Crippen molar-refractivity contribution in [3.05, 3.63) is 28.2 Å². The summed E-state index contributed by atoms with van der Waals surface area (Å²) in [6, 6.07) is 6.88. The summed E-state index contributed by atoms with van der Waals surface area (Å²) in [6.07, 6.45) is 1.31. The predicted octanol–water partition coefficient (Wildman–Crippen LogP) is 3.40. The van der Waals surface area contributed by atoms with Crippen molar-refractivity contribution in [1.29, 1.82) is 0 Å². The highest BCUT2D eigenvalue weighted by atomic mass is 79.9. The van der Waals surface area contributed by atoms with Crippen LogP contribution in [0, 0.1) is 0 Å². The van der Waals surface area contributed by atoms with Gasteiger partial charge in [0.05, 0.1) is 7.11 Å². The van der Waals surface area contributed by atoms with Gasteiger partial charge in [-0.25, -0.2) is 0 Å². The average Bonchev–Trinajstić information content (AvgIpc) is 2.85. The first-order valence-corrected chi connectivity index (χ1v) is 7.76. The molecule has 1 saturated heterocycles. The van der Waals surface area contributed by atoms with Gasteiger partial charge in [0.15, 0.2) is 0 Å². The van der Waals surface area contributed by atoms with Crippen LogP contribution in [-0.4, -0.2) is 36.6 Å². The van der Waals surface area contributed by atoms with Gasteiger partial charge in [0.25, 0.3) is 0 Å². The van der Waals surface area contributed by atoms with Crippen LogP contribution in [0.2, 0.25) is 0 Å². The van der Waals surface area contributed by atoms with Gasteiger partial charge < -0.3 is 4.74 Å². The lowest BCUT2D eigenvalue weighted by atomic mass is 10.1. The third kappa shape index (κ3) is 3.39. The minimum atomic E-state index is 0.720. The van der Waals surface area contributed by atoms with Crippen molar-refractivity contribution in [2.75, 3.05) is 25.7 Å². The maximum atomic E-state index is 5.27. The van der Waals surface area contributed by atoms with Crippen LogP contribution in [0.1, 0.15) is 12.0 Å². The lowest BCUT2D eigenvalue weighted by molar-refractivity contribution is 0.253. The molecule has 1 atom stereocenters. The highest BCUT2D eigenvalue weighted by Crippen LogP contribution is 2.27. The predicted molar refractivity (Wildman–Crippen MR) is 77.9 cm³/mol. The number of thioether (sulfide) groups is 1. The smallest absolute Gasteiger partial charge is 0.119 e. The minimum absolute atomic E-state index is 0.720. The van der Waals surface area contributed by atoms with Gasteiger partial charge in [-0.3, -0.25) is 4.90 Å². The molecule has 0 bridgehead atoms. The molecule has 1 heterocycles. The van der Waals surface area contributed by atoms with Crippen LogP contribution < -0.4 is 4.74 Å². The monoisotopic (exact) mass is 315 g/mol. The molecule has 1 aliphatic rings. The first-order valence-electron chi connectivity index (χ1n) is 5.81. The van der Waals surface area contributed by atoms with E-state index in [1.54, 1.807) is 7.11 Å². The highest BCUT2D eigenvalue weighted by Gasteiger charge is 2.20. The maximum absolute atomic E-state index is 5.27. The Balaban J connectivity index is 2.06. The van der Waals surface area contributed by atoms with Crippen LogP contribution in [0.15, 0.2) is 22.7 Å². The van der Waals surface area contributed by atoms with Gasteiger partial charge in [-0.15, -0.1) is 0 Å².